The van der Waals surface area contributed by atoms with Crippen molar-refractivity contribution in [1.29, 1.82) is 0 Å². The Morgan fingerprint density at radius 1 is 0.321 bits per heavy atom. The smallest absolute Gasteiger partial charge is 0.164 e. The summed E-state index contributed by atoms with van der Waals surface area (Å²) in [6, 6.07) is 66.7. The molecule has 0 N–H and O–H groups in total. The average molecular weight is 714 g/mol. The van der Waals surface area contributed by atoms with Crippen molar-refractivity contribution in [3.8, 4) is 67.5 Å². The molecule has 12 rings (SSSR count). The second-order valence-corrected chi connectivity index (χ2v) is 14.6. The number of benzene rings is 8. The first-order chi connectivity index (χ1) is 27.8. The molecule has 1 spiro atoms. The minimum Gasteiger partial charge on any atom is -0.456 e. The lowest BCUT2D eigenvalue weighted by Gasteiger charge is -2.30. The number of para-hydroxylation sites is 1. The van der Waals surface area contributed by atoms with Crippen molar-refractivity contribution < 1.29 is 4.42 Å². The number of aromatic nitrogens is 3. The van der Waals surface area contributed by atoms with Gasteiger partial charge < -0.3 is 4.42 Å². The van der Waals surface area contributed by atoms with E-state index in [2.05, 4.69) is 146 Å². The molecule has 0 aliphatic heterocycles. The molecule has 4 nitrogen and oxygen atoms in total. The first-order valence-electron chi connectivity index (χ1n) is 19.0. The molecule has 0 unspecified atom stereocenters. The molecule has 10 aromatic rings. The van der Waals surface area contributed by atoms with E-state index < -0.39 is 5.41 Å². The predicted molar refractivity (Wildman–Crippen MR) is 225 cm³/mol. The lowest BCUT2D eigenvalue weighted by molar-refractivity contribution is 0.669. The molecule has 2 aromatic heterocycles. The Kier molecular flexibility index (Phi) is 6.52. The van der Waals surface area contributed by atoms with Gasteiger partial charge in [0.05, 0.1) is 5.41 Å². The minimum atomic E-state index is -0.430. The summed E-state index contributed by atoms with van der Waals surface area (Å²) in [4.78, 5) is 15.5. The summed E-state index contributed by atoms with van der Waals surface area (Å²) in [6.45, 7) is 0. The zero-order valence-electron chi connectivity index (χ0n) is 30.1. The van der Waals surface area contributed by atoms with Crippen LogP contribution in [0.4, 0.5) is 0 Å². The monoisotopic (exact) mass is 713 g/mol. The van der Waals surface area contributed by atoms with Crippen LogP contribution in [0, 0.1) is 0 Å². The van der Waals surface area contributed by atoms with Crippen LogP contribution in [-0.2, 0) is 5.41 Å². The maximum Gasteiger partial charge on any atom is 0.164 e. The summed E-state index contributed by atoms with van der Waals surface area (Å²) in [6.07, 6.45) is 0. The van der Waals surface area contributed by atoms with Gasteiger partial charge in [-0.05, 0) is 73.8 Å². The third-order valence-electron chi connectivity index (χ3n) is 11.8. The predicted octanol–water partition coefficient (Wildman–Crippen LogP) is 12.8. The van der Waals surface area contributed by atoms with Crippen molar-refractivity contribution in [3.05, 3.63) is 210 Å². The van der Waals surface area contributed by atoms with Gasteiger partial charge in [-0.3, -0.25) is 0 Å². The molecule has 2 aliphatic carbocycles. The van der Waals surface area contributed by atoms with Gasteiger partial charge in [-0.2, -0.15) is 0 Å². The van der Waals surface area contributed by atoms with Gasteiger partial charge in [-0.1, -0.05) is 170 Å². The molecule has 2 heterocycles. The summed E-state index contributed by atoms with van der Waals surface area (Å²) >= 11 is 0. The number of hydrogen-bond donors (Lipinski definition) is 0. The van der Waals surface area contributed by atoms with Gasteiger partial charge in [0.15, 0.2) is 17.5 Å². The molecule has 4 heteroatoms. The molecule has 0 saturated carbocycles. The van der Waals surface area contributed by atoms with Crippen LogP contribution in [-0.4, -0.2) is 15.0 Å². The molecule has 0 atom stereocenters. The Morgan fingerprint density at radius 2 is 0.839 bits per heavy atom. The quantitative estimate of drug-likeness (QED) is 0.182. The minimum absolute atomic E-state index is 0.430. The van der Waals surface area contributed by atoms with Gasteiger partial charge in [0.25, 0.3) is 0 Å². The Labute approximate surface area is 323 Å². The van der Waals surface area contributed by atoms with Gasteiger partial charge in [0.2, 0.25) is 0 Å². The van der Waals surface area contributed by atoms with Crippen molar-refractivity contribution in [1.82, 2.24) is 15.0 Å². The Balaban J connectivity index is 1.09. The molecule has 0 fully saturated rings. The summed E-state index contributed by atoms with van der Waals surface area (Å²) in [7, 11) is 0. The van der Waals surface area contributed by atoms with E-state index in [1.165, 1.54) is 44.5 Å². The number of nitrogens with zero attached hydrogens (tertiary/aromatic N) is 3. The fourth-order valence-corrected chi connectivity index (χ4v) is 9.49. The second-order valence-electron chi connectivity index (χ2n) is 14.6. The Bertz CT molecular complexity index is 3170. The summed E-state index contributed by atoms with van der Waals surface area (Å²) < 4.78 is 6.31. The van der Waals surface area contributed by atoms with E-state index >= 15 is 0 Å². The average Bonchev–Trinajstić information content (AvgIpc) is 3.90. The molecule has 56 heavy (non-hydrogen) atoms. The highest BCUT2D eigenvalue weighted by atomic mass is 16.3. The molecular formula is C52H31N3O. The fraction of sp³-hybridized carbons (Fsp3) is 0.0192. The van der Waals surface area contributed by atoms with E-state index in [-0.39, 0.29) is 0 Å². The van der Waals surface area contributed by atoms with Crippen LogP contribution in [0.2, 0.25) is 0 Å². The third kappa shape index (κ3) is 4.27. The molecule has 8 aromatic carbocycles. The van der Waals surface area contributed by atoms with Gasteiger partial charge in [-0.15, -0.1) is 0 Å². The number of rotatable bonds is 4. The van der Waals surface area contributed by atoms with Crippen molar-refractivity contribution >= 4 is 21.9 Å². The number of hydrogen-bond acceptors (Lipinski definition) is 4. The largest absolute Gasteiger partial charge is 0.456 e. The van der Waals surface area contributed by atoms with E-state index in [0.29, 0.717) is 17.5 Å². The molecule has 0 bridgehead atoms. The normalized spacial score (nSPS) is 13.1. The highest BCUT2D eigenvalue weighted by Crippen LogP contribution is 2.64. The fourth-order valence-electron chi connectivity index (χ4n) is 9.49. The highest BCUT2D eigenvalue weighted by Gasteiger charge is 2.52. The van der Waals surface area contributed by atoms with E-state index in [9.17, 15) is 0 Å². The van der Waals surface area contributed by atoms with Crippen LogP contribution in [0.25, 0.3) is 89.5 Å². The van der Waals surface area contributed by atoms with Gasteiger partial charge in [0, 0.05) is 27.5 Å². The first kappa shape index (κ1) is 31.0. The number of fused-ring (bicyclic) bond motifs is 13. The Hall–Kier alpha value is -7.43. The maximum atomic E-state index is 6.31. The van der Waals surface area contributed by atoms with Crippen LogP contribution in [0.1, 0.15) is 22.3 Å². The summed E-state index contributed by atoms with van der Waals surface area (Å²) in [5.41, 5.74) is 16.5. The van der Waals surface area contributed by atoms with Gasteiger partial charge in [0.1, 0.15) is 11.2 Å². The number of furan rings is 1. The van der Waals surface area contributed by atoms with Crippen LogP contribution in [0.15, 0.2) is 192 Å². The Morgan fingerprint density at radius 3 is 1.59 bits per heavy atom. The van der Waals surface area contributed by atoms with Crippen molar-refractivity contribution in [2.75, 3.05) is 0 Å². The molecule has 2 aliphatic rings. The standard InChI is InChI=1S/C52H31N3O/c1-2-15-32(16-3-1)49-53-50(33-29-30-38-37-20-9-13-28-46(37)56-47(38)31-33)55-51(54-49)40-21-5-4-17-34(40)39-23-14-27-45-48(39)41-22-8-12-26-44(41)52(45)42-24-10-6-18-35(42)36-19-7-11-25-43(36)52/h1-31H. The lowest BCUT2D eigenvalue weighted by atomic mass is 9.70. The first-order valence-corrected chi connectivity index (χ1v) is 19.0. The second kappa shape index (κ2) is 11.8. The summed E-state index contributed by atoms with van der Waals surface area (Å²) in [5.74, 6) is 1.82. The van der Waals surface area contributed by atoms with E-state index in [1.54, 1.807) is 0 Å². The molecule has 0 radical (unpaired) electrons. The van der Waals surface area contributed by atoms with Crippen molar-refractivity contribution in [3.63, 3.8) is 0 Å². The highest BCUT2D eigenvalue weighted by molar-refractivity contribution is 6.06. The van der Waals surface area contributed by atoms with Crippen molar-refractivity contribution in [2.24, 2.45) is 0 Å². The molecule has 0 saturated heterocycles. The van der Waals surface area contributed by atoms with Crippen molar-refractivity contribution in [2.45, 2.75) is 5.41 Å². The lowest BCUT2D eigenvalue weighted by Crippen LogP contribution is -2.25. The SMILES string of the molecule is c1ccc(-c2nc(-c3ccc4c(c3)oc3ccccc34)nc(-c3ccccc3-c3cccc4c3-c3ccccc3C43c4ccccc4-c4ccccc43)n2)cc1. The van der Waals surface area contributed by atoms with E-state index in [1.807, 2.05) is 42.5 Å². The zero-order valence-corrected chi connectivity index (χ0v) is 30.1. The zero-order chi connectivity index (χ0) is 36.8. The molecule has 0 amide bonds. The topological polar surface area (TPSA) is 51.8 Å². The van der Waals surface area contributed by atoms with Crippen LogP contribution in [0.5, 0.6) is 0 Å². The molecular weight excluding hydrogens is 683 g/mol. The van der Waals surface area contributed by atoms with E-state index in [0.717, 1.165) is 49.8 Å². The van der Waals surface area contributed by atoms with Crippen LogP contribution in [0.3, 0.4) is 0 Å². The van der Waals surface area contributed by atoms with Gasteiger partial charge >= 0.3 is 0 Å². The van der Waals surface area contributed by atoms with Crippen LogP contribution < -0.4 is 0 Å². The molecule has 260 valence electrons. The maximum absolute atomic E-state index is 6.31. The third-order valence-corrected chi connectivity index (χ3v) is 11.8. The van der Waals surface area contributed by atoms with E-state index in [4.69, 9.17) is 19.4 Å². The van der Waals surface area contributed by atoms with Gasteiger partial charge in [-0.25, -0.2) is 15.0 Å². The summed E-state index contributed by atoms with van der Waals surface area (Å²) in [5, 5.41) is 2.16. The van der Waals surface area contributed by atoms with Crippen LogP contribution >= 0.6 is 0 Å².